The molecule has 1 aromatic carbocycles. The van der Waals surface area contributed by atoms with Gasteiger partial charge in [-0.25, -0.2) is 9.97 Å². The zero-order chi connectivity index (χ0) is 16.7. The standard InChI is InChI=1S/C19H20N4O/c1-12-18-16(11-20)22-15-9-8-14(24-2)10-17(15)23(18)19(21-12)13-6-4-3-5-7-13/h8-10,13H,3-7H2,1-2H3. The number of methoxy groups -OCH3 is 1. The molecule has 0 atom stereocenters. The molecule has 0 aliphatic heterocycles. The smallest absolute Gasteiger partial charge is 0.167 e. The number of nitriles is 1. The molecule has 5 nitrogen and oxygen atoms in total. The lowest BCUT2D eigenvalue weighted by Gasteiger charge is -2.21. The molecular formula is C19H20N4O. The van der Waals surface area contributed by atoms with Crippen LogP contribution in [-0.4, -0.2) is 21.5 Å². The Labute approximate surface area is 140 Å². The summed E-state index contributed by atoms with van der Waals surface area (Å²) in [5, 5.41) is 9.56. The lowest BCUT2D eigenvalue weighted by Crippen LogP contribution is -2.10. The number of ether oxygens (including phenoxy) is 1. The maximum Gasteiger partial charge on any atom is 0.167 e. The van der Waals surface area contributed by atoms with Gasteiger partial charge in [-0.05, 0) is 31.9 Å². The van der Waals surface area contributed by atoms with Crippen LogP contribution in [0, 0.1) is 18.3 Å². The molecule has 4 rings (SSSR count). The summed E-state index contributed by atoms with van der Waals surface area (Å²) in [7, 11) is 1.66. The largest absolute Gasteiger partial charge is 0.497 e. The Kier molecular flexibility index (Phi) is 3.61. The highest BCUT2D eigenvalue weighted by molar-refractivity contribution is 5.83. The summed E-state index contributed by atoms with van der Waals surface area (Å²) < 4.78 is 7.54. The van der Waals surface area contributed by atoms with E-state index in [1.165, 1.54) is 19.3 Å². The second-order valence-electron chi connectivity index (χ2n) is 6.50. The van der Waals surface area contributed by atoms with Crippen molar-refractivity contribution < 1.29 is 4.74 Å². The molecule has 1 aliphatic carbocycles. The summed E-state index contributed by atoms with van der Waals surface area (Å²) in [6, 6.07) is 8.03. The van der Waals surface area contributed by atoms with Crippen LogP contribution in [0.15, 0.2) is 18.2 Å². The van der Waals surface area contributed by atoms with Crippen LogP contribution in [-0.2, 0) is 0 Å². The van der Waals surface area contributed by atoms with Crippen molar-refractivity contribution >= 4 is 16.6 Å². The summed E-state index contributed by atoms with van der Waals surface area (Å²) in [5.41, 5.74) is 3.92. The third-order valence-electron chi connectivity index (χ3n) is 5.03. The van der Waals surface area contributed by atoms with Crippen molar-refractivity contribution in [3.8, 4) is 11.8 Å². The quantitative estimate of drug-likeness (QED) is 0.712. The highest BCUT2D eigenvalue weighted by atomic mass is 16.5. The van der Waals surface area contributed by atoms with E-state index in [4.69, 9.17) is 9.72 Å². The van der Waals surface area contributed by atoms with Gasteiger partial charge in [0.1, 0.15) is 23.2 Å². The molecule has 0 bridgehead atoms. The average Bonchev–Trinajstić information content (AvgIpc) is 2.99. The molecule has 3 aromatic rings. The van der Waals surface area contributed by atoms with Gasteiger partial charge in [-0.15, -0.1) is 0 Å². The van der Waals surface area contributed by atoms with Gasteiger partial charge in [0.15, 0.2) is 5.69 Å². The molecule has 24 heavy (non-hydrogen) atoms. The molecule has 0 amide bonds. The van der Waals surface area contributed by atoms with Crippen LogP contribution in [0.5, 0.6) is 5.75 Å². The van der Waals surface area contributed by atoms with Gasteiger partial charge in [-0.1, -0.05) is 19.3 Å². The summed E-state index contributed by atoms with van der Waals surface area (Å²) in [4.78, 5) is 9.40. The summed E-state index contributed by atoms with van der Waals surface area (Å²) in [5.74, 6) is 2.30. The van der Waals surface area contributed by atoms with Crippen LogP contribution < -0.4 is 4.74 Å². The lowest BCUT2D eigenvalue weighted by molar-refractivity contribution is 0.415. The Morgan fingerprint density at radius 1 is 1.21 bits per heavy atom. The van der Waals surface area contributed by atoms with E-state index < -0.39 is 0 Å². The Balaban J connectivity index is 2.09. The first kappa shape index (κ1) is 14.9. The van der Waals surface area contributed by atoms with Crippen LogP contribution in [0.4, 0.5) is 0 Å². The van der Waals surface area contributed by atoms with Gasteiger partial charge in [0.2, 0.25) is 0 Å². The molecule has 0 N–H and O–H groups in total. The lowest BCUT2D eigenvalue weighted by atomic mass is 9.88. The fourth-order valence-electron chi connectivity index (χ4n) is 3.86. The number of aryl methyl sites for hydroxylation is 1. The average molecular weight is 320 g/mol. The summed E-state index contributed by atoms with van der Waals surface area (Å²) in [6.07, 6.45) is 6.12. The number of imidazole rings is 1. The number of benzene rings is 1. The maximum atomic E-state index is 9.56. The minimum absolute atomic E-state index is 0.444. The van der Waals surface area contributed by atoms with Gasteiger partial charge in [0.25, 0.3) is 0 Å². The third-order valence-corrected chi connectivity index (χ3v) is 5.03. The van der Waals surface area contributed by atoms with E-state index in [0.29, 0.717) is 11.6 Å². The van der Waals surface area contributed by atoms with E-state index in [1.54, 1.807) is 7.11 Å². The van der Waals surface area contributed by atoms with E-state index in [2.05, 4.69) is 15.5 Å². The molecule has 0 saturated heterocycles. The van der Waals surface area contributed by atoms with Crippen LogP contribution in [0.1, 0.15) is 55.2 Å². The monoisotopic (exact) mass is 320 g/mol. The van der Waals surface area contributed by atoms with Crippen LogP contribution in [0.2, 0.25) is 0 Å². The summed E-state index contributed by atoms with van der Waals surface area (Å²) in [6.45, 7) is 1.97. The van der Waals surface area contributed by atoms with E-state index in [9.17, 15) is 5.26 Å². The van der Waals surface area contributed by atoms with Crippen molar-refractivity contribution in [2.75, 3.05) is 7.11 Å². The van der Waals surface area contributed by atoms with Crippen molar-refractivity contribution in [2.45, 2.75) is 44.9 Å². The molecule has 2 aromatic heterocycles. The third kappa shape index (κ3) is 2.22. The van der Waals surface area contributed by atoms with Crippen LogP contribution >= 0.6 is 0 Å². The second-order valence-corrected chi connectivity index (χ2v) is 6.50. The second kappa shape index (κ2) is 5.79. The zero-order valence-corrected chi connectivity index (χ0v) is 14.0. The van der Waals surface area contributed by atoms with E-state index in [1.807, 2.05) is 25.1 Å². The predicted molar refractivity (Wildman–Crippen MR) is 92.3 cm³/mol. The van der Waals surface area contributed by atoms with Crippen molar-refractivity contribution in [3.63, 3.8) is 0 Å². The van der Waals surface area contributed by atoms with Gasteiger partial charge >= 0.3 is 0 Å². The minimum Gasteiger partial charge on any atom is -0.497 e. The number of hydrogen-bond acceptors (Lipinski definition) is 4. The van der Waals surface area contributed by atoms with Crippen molar-refractivity contribution in [2.24, 2.45) is 0 Å². The Hall–Kier alpha value is -2.61. The molecule has 1 fully saturated rings. The number of aromatic nitrogens is 3. The molecule has 122 valence electrons. The van der Waals surface area contributed by atoms with Crippen molar-refractivity contribution in [1.29, 1.82) is 5.26 Å². The predicted octanol–water partition coefficient (Wildman–Crippen LogP) is 4.12. The molecule has 1 saturated carbocycles. The number of hydrogen-bond donors (Lipinski definition) is 0. The zero-order valence-electron chi connectivity index (χ0n) is 14.0. The highest BCUT2D eigenvalue weighted by Crippen LogP contribution is 2.35. The fourth-order valence-corrected chi connectivity index (χ4v) is 3.86. The number of rotatable bonds is 2. The molecule has 0 spiro atoms. The molecular weight excluding hydrogens is 300 g/mol. The minimum atomic E-state index is 0.444. The first-order valence-corrected chi connectivity index (χ1v) is 8.49. The molecule has 0 unspecified atom stereocenters. The van der Waals surface area contributed by atoms with Gasteiger partial charge in [-0.2, -0.15) is 5.26 Å². The molecule has 0 radical (unpaired) electrons. The van der Waals surface area contributed by atoms with Gasteiger partial charge < -0.3 is 4.74 Å². The van der Waals surface area contributed by atoms with E-state index in [0.717, 1.165) is 46.7 Å². The van der Waals surface area contributed by atoms with E-state index in [-0.39, 0.29) is 0 Å². The van der Waals surface area contributed by atoms with Gasteiger partial charge in [0.05, 0.1) is 23.8 Å². The van der Waals surface area contributed by atoms with Crippen molar-refractivity contribution in [1.82, 2.24) is 14.4 Å². The topological polar surface area (TPSA) is 63.2 Å². The van der Waals surface area contributed by atoms with Crippen molar-refractivity contribution in [3.05, 3.63) is 35.4 Å². The maximum absolute atomic E-state index is 9.56. The normalized spacial score (nSPS) is 15.7. The number of nitrogens with zero attached hydrogens (tertiary/aromatic N) is 4. The molecule has 1 aliphatic rings. The van der Waals surface area contributed by atoms with Gasteiger partial charge in [0, 0.05) is 12.0 Å². The Bertz CT molecular complexity index is 961. The molecule has 2 heterocycles. The summed E-state index contributed by atoms with van der Waals surface area (Å²) >= 11 is 0. The first-order valence-electron chi connectivity index (χ1n) is 8.49. The first-order chi connectivity index (χ1) is 11.7. The van der Waals surface area contributed by atoms with Crippen LogP contribution in [0.25, 0.3) is 16.6 Å². The highest BCUT2D eigenvalue weighted by Gasteiger charge is 2.24. The molecule has 5 heteroatoms. The van der Waals surface area contributed by atoms with Crippen LogP contribution in [0.3, 0.4) is 0 Å². The Morgan fingerprint density at radius 2 is 2.00 bits per heavy atom. The Morgan fingerprint density at radius 3 is 2.71 bits per heavy atom. The fraction of sp³-hybridized carbons (Fsp3) is 0.421. The van der Waals surface area contributed by atoms with E-state index >= 15 is 0 Å². The van der Waals surface area contributed by atoms with Gasteiger partial charge in [-0.3, -0.25) is 4.40 Å². The SMILES string of the molecule is COc1ccc2nc(C#N)c3c(C)nc(C4CCCCC4)n3c2c1. The number of fused-ring (bicyclic) bond motifs is 3.